The van der Waals surface area contributed by atoms with Crippen LogP contribution >= 0.6 is 0 Å². The molecular formula is C28H35N5O2. The third-order valence-electron chi connectivity index (χ3n) is 7.13. The summed E-state index contributed by atoms with van der Waals surface area (Å²) in [7, 11) is 0. The van der Waals surface area contributed by atoms with Crippen molar-refractivity contribution in [3.8, 4) is 11.8 Å². The fourth-order valence-corrected chi connectivity index (χ4v) is 5.01. The molecule has 35 heavy (non-hydrogen) atoms. The number of aromatic nitrogens is 1. The lowest BCUT2D eigenvalue weighted by molar-refractivity contribution is -0.106. The molecule has 2 heterocycles. The molecule has 184 valence electrons. The van der Waals surface area contributed by atoms with Gasteiger partial charge >= 0.3 is 0 Å². The highest BCUT2D eigenvalue weighted by Gasteiger charge is 2.36. The average Bonchev–Trinajstić information content (AvgIpc) is 3.72. The summed E-state index contributed by atoms with van der Waals surface area (Å²) >= 11 is 0. The van der Waals surface area contributed by atoms with Crippen molar-refractivity contribution in [2.24, 2.45) is 10.9 Å². The molecule has 0 N–H and O–H groups in total. The van der Waals surface area contributed by atoms with Crippen LogP contribution in [0.25, 0.3) is 0 Å². The molecule has 1 aliphatic heterocycles. The molecule has 1 amide bonds. The SMILES string of the molecule is CCC(c1ccc(OCC2CC2)cc1)N1C[C@H](C)N(C(=NC=O)c2cccc(C#N)n2)C[C@H]1CC. The van der Waals surface area contributed by atoms with E-state index in [0.29, 0.717) is 29.7 Å². The Bertz CT molecular complexity index is 1070. The minimum Gasteiger partial charge on any atom is -0.493 e. The van der Waals surface area contributed by atoms with Crippen LogP contribution in [0.2, 0.25) is 0 Å². The number of piperazine rings is 1. The summed E-state index contributed by atoms with van der Waals surface area (Å²) in [5.41, 5.74) is 2.17. The van der Waals surface area contributed by atoms with Crippen LogP contribution in [0.5, 0.6) is 5.75 Å². The Hall–Kier alpha value is -3.24. The number of benzene rings is 1. The number of hydrogen-bond acceptors (Lipinski definition) is 5. The molecule has 2 aromatic rings. The van der Waals surface area contributed by atoms with Crippen molar-refractivity contribution in [1.29, 1.82) is 5.26 Å². The monoisotopic (exact) mass is 473 g/mol. The number of aliphatic imine (C=N–C) groups is 1. The van der Waals surface area contributed by atoms with Gasteiger partial charge in [0.1, 0.15) is 23.2 Å². The van der Waals surface area contributed by atoms with Crippen molar-refractivity contribution in [3.05, 3.63) is 59.4 Å². The molecule has 0 spiro atoms. The van der Waals surface area contributed by atoms with Crippen LogP contribution in [0.15, 0.2) is 47.5 Å². The Morgan fingerprint density at radius 2 is 2.00 bits per heavy atom. The molecule has 0 bridgehead atoms. The highest BCUT2D eigenvalue weighted by Crippen LogP contribution is 2.33. The molecule has 2 fully saturated rings. The van der Waals surface area contributed by atoms with Crippen LogP contribution in [0.4, 0.5) is 0 Å². The first-order valence-corrected chi connectivity index (χ1v) is 12.7. The molecular weight excluding hydrogens is 438 g/mol. The van der Waals surface area contributed by atoms with Gasteiger partial charge in [0.25, 0.3) is 0 Å². The van der Waals surface area contributed by atoms with Crippen LogP contribution in [-0.4, -0.2) is 58.8 Å². The normalized spacial score (nSPS) is 21.9. The Morgan fingerprint density at radius 3 is 2.63 bits per heavy atom. The third kappa shape index (κ3) is 5.88. The molecule has 1 unspecified atom stereocenters. The maximum atomic E-state index is 11.4. The van der Waals surface area contributed by atoms with E-state index in [1.807, 2.05) is 6.07 Å². The summed E-state index contributed by atoms with van der Waals surface area (Å²) in [6.07, 6.45) is 5.13. The Balaban J connectivity index is 1.53. The van der Waals surface area contributed by atoms with Crippen molar-refractivity contribution in [3.63, 3.8) is 0 Å². The molecule has 0 radical (unpaired) electrons. The van der Waals surface area contributed by atoms with Gasteiger partial charge in [-0.2, -0.15) is 10.3 Å². The fourth-order valence-electron chi connectivity index (χ4n) is 5.01. The lowest BCUT2D eigenvalue weighted by Gasteiger charge is -2.49. The summed E-state index contributed by atoms with van der Waals surface area (Å²) in [5.74, 6) is 2.22. The van der Waals surface area contributed by atoms with Crippen molar-refractivity contribution >= 4 is 12.2 Å². The Labute approximate surface area is 208 Å². The van der Waals surface area contributed by atoms with Gasteiger partial charge in [-0.05, 0) is 68.4 Å². The molecule has 3 atom stereocenters. The molecule has 4 rings (SSSR count). The van der Waals surface area contributed by atoms with E-state index in [9.17, 15) is 10.1 Å². The van der Waals surface area contributed by atoms with E-state index in [0.717, 1.165) is 44.2 Å². The number of pyridine rings is 1. The quantitative estimate of drug-likeness (QED) is 0.301. The second-order valence-corrected chi connectivity index (χ2v) is 9.59. The van der Waals surface area contributed by atoms with E-state index in [1.165, 1.54) is 18.4 Å². The van der Waals surface area contributed by atoms with Gasteiger partial charge < -0.3 is 9.64 Å². The number of nitriles is 1. The van der Waals surface area contributed by atoms with Gasteiger partial charge in [-0.1, -0.05) is 32.0 Å². The van der Waals surface area contributed by atoms with Gasteiger partial charge in [0.15, 0.2) is 5.84 Å². The highest BCUT2D eigenvalue weighted by atomic mass is 16.5. The lowest BCUT2D eigenvalue weighted by Crippen LogP contribution is -2.59. The van der Waals surface area contributed by atoms with E-state index in [2.05, 4.69) is 70.9 Å². The number of carbonyl (C=O) groups excluding carboxylic acids is 1. The second-order valence-electron chi connectivity index (χ2n) is 9.59. The number of ether oxygens (including phenoxy) is 1. The largest absolute Gasteiger partial charge is 0.493 e. The van der Waals surface area contributed by atoms with E-state index < -0.39 is 0 Å². The number of hydrogen-bond donors (Lipinski definition) is 0. The fraction of sp³-hybridized carbons (Fsp3) is 0.500. The standard InChI is InChI=1S/C28H35N5O2/c1-4-24-17-32(28(30-19-34)26-8-6-7-23(15-29)31-26)20(3)16-33(24)27(5-2)22-11-13-25(14-12-22)35-18-21-9-10-21/h6-8,11-14,19-21,24,27H,4-5,9-10,16-18H2,1-3H3/t20-,24+,27?/m0/s1. The molecule has 1 aromatic carbocycles. The number of rotatable bonds is 9. The number of nitrogens with zero attached hydrogens (tertiary/aromatic N) is 5. The first-order chi connectivity index (χ1) is 17.1. The second kappa shape index (κ2) is 11.5. The van der Waals surface area contributed by atoms with Crippen molar-refractivity contribution in [2.75, 3.05) is 19.7 Å². The van der Waals surface area contributed by atoms with Crippen LogP contribution in [0, 0.1) is 17.2 Å². The predicted molar refractivity (Wildman–Crippen MR) is 136 cm³/mol. The minimum absolute atomic E-state index is 0.124. The van der Waals surface area contributed by atoms with Crippen molar-refractivity contribution < 1.29 is 9.53 Å². The summed E-state index contributed by atoms with van der Waals surface area (Å²) in [5, 5.41) is 9.27. The lowest BCUT2D eigenvalue weighted by atomic mass is 9.95. The van der Waals surface area contributed by atoms with Gasteiger partial charge in [0.2, 0.25) is 6.41 Å². The van der Waals surface area contributed by atoms with E-state index in [-0.39, 0.29) is 12.1 Å². The first kappa shape index (κ1) is 24.9. The summed E-state index contributed by atoms with van der Waals surface area (Å²) in [4.78, 5) is 24.8. The first-order valence-electron chi connectivity index (χ1n) is 12.7. The topological polar surface area (TPSA) is 81.8 Å². The maximum absolute atomic E-state index is 11.4. The zero-order valence-electron chi connectivity index (χ0n) is 20.9. The van der Waals surface area contributed by atoms with Crippen LogP contribution in [0.1, 0.15) is 69.4 Å². The van der Waals surface area contributed by atoms with Gasteiger partial charge in [-0.25, -0.2) is 4.98 Å². The summed E-state index contributed by atoms with van der Waals surface area (Å²) in [6.45, 7) is 9.01. The van der Waals surface area contributed by atoms with E-state index in [1.54, 1.807) is 12.1 Å². The van der Waals surface area contributed by atoms with Crippen molar-refractivity contribution in [1.82, 2.24) is 14.8 Å². The molecule has 1 saturated carbocycles. The molecule has 1 aromatic heterocycles. The Morgan fingerprint density at radius 1 is 1.23 bits per heavy atom. The maximum Gasteiger partial charge on any atom is 0.234 e. The van der Waals surface area contributed by atoms with Gasteiger partial charge in [-0.15, -0.1) is 0 Å². The summed E-state index contributed by atoms with van der Waals surface area (Å²) in [6, 6.07) is 16.7. The molecule has 7 nitrogen and oxygen atoms in total. The van der Waals surface area contributed by atoms with Gasteiger partial charge in [0.05, 0.1) is 6.61 Å². The zero-order chi connectivity index (χ0) is 24.8. The molecule has 7 heteroatoms. The summed E-state index contributed by atoms with van der Waals surface area (Å²) < 4.78 is 5.94. The predicted octanol–water partition coefficient (Wildman–Crippen LogP) is 4.58. The minimum atomic E-state index is 0.124. The zero-order valence-corrected chi connectivity index (χ0v) is 20.9. The smallest absolute Gasteiger partial charge is 0.234 e. The third-order valence-corrected chi connectivity index (χ3v) is 7.13. The highest BCUT2D eigenvalue weighted by molar-refractivity contribution is 6.00. The molecule has 1 saturated heterocycles. The van der Waals surface area contributed by atoms with Crippen LogP contribution < -0.4 is 4.74 Å². The number of amidine groups is 1. The number of amides is 1. The number of carbonyl (C=O) groups is 1. The van der Waals surface area contributed by atoms with Crippen LogP contribution in [0.3, 0.4) is 0 Å². The van der Waals surface area contributed by atoms with Crippen LogP contribution in [-0.2, 0) is 4.79 Å². The van der Waals surface area contributed by atoms with E-state index >= 15 is 0 Å². The Kier molecular flexibility index (Phi) is 8.14. The van der Waals surface area contributed by atoms with Gasteiger partial charge in [-0.3, -0.25) is 9.69 Å². The van der Waals surface area contributed by atoms with Crippen molar-refractivity contribution in [2.45, 2.75) is 64.6 Å². The molecule has 1 aliphatic carbocycles. The molecule has 2 aliphatic rings. The van der Waals surface area contributed by atoms with Gasteiger partial charge in [0, 0.05) is 31.2 Å². The average molecular weight is 474 g/mol. The van der Waals surface area contributed by atoms with E-state index in [4.69, 9.17) is 4.74 Å².